The minimum atomic E-state index is 0.756. The van der Waals surface area contributed by atoms with Gasteiger partial charge in [-0.05, 0) is 98.8 Å². The molecule has 0 unspecified atom stereocenters. The van der Waals surface area contributed by atoms with Gasteiger partial charge in [0.15, 0.2) is 0 Å². The second-order valence-electron chi connectivity index (χ2n) is 9.30. The SMILES string of the molecule is CCCCC1CCC(c2ccc(C#C/C=C/C3CCC(CC)CC3)cc2)CC1. The molecular formula is C28H40. The predicted octanol–water partition coefficient (Wildman–Crippen LogP) is 8.27. The topological polar surface area (TPSA) is 0 Å². The van der Waals surface area contributed by atoms with Crippen molar-refractivity contribution in [2.24, 2.45) is 17.8 Å². The Bertz CT molecular complexity index is 638. The van der Waals surface area contributed by atoms with Gasteiger partial charge >= 0.3 is 0 Å². The maximum Gasteiger partial charge on any atom is 0.0249 e. The van der Waals surface area contributed by atoms with Crippen LogP contribution in [0.3, 0.4) is 0 Å². The smallest absolute Gasteiger partial charge is 0.0249 e. The van der Waals surface area contributed by atoms with Gasteiger partial charge in [0.2, 0.25) is 0 Å². The zero-order valence-electron chi connectivity index (χ0n) is 18.3. The third-order valence-corrected chi connectivity index (χ3v) is 7.33. The Hall–Kier alpha value is -1.48. The highest BCUT2D eigenvalue weighted by Gasteiger charge is 2.21. The number of rotatable bonds is 6. The summed E-state index contributed by atoms with van der Waals surface area (Å²) < 4.78 is 0. The van der Waals surface area contributed by atoms with E-state index in [1.165, 1.54) is 82.6 Å². The third kappa shape index (κ3) is 6.55. The Morgan fingerprint density at radius 2 is 1.54 bits per heavy atom. The van der Waals surface area contributed by atoms with Crippen molar-refractivity contribution >= 4 is 0 Å². The first-order valence-corrected chi connectivity index (χ1v) is 12.1. The summed E-state index contributed by atoms with van der Waals surface area (Å²) >= 11 is 0. The molecule has 2 aliphatic carbocycles. The molecule has 0 aromatic heterocycles. The first-order valence-electron chi connectivity index (χ1n) is 12.1. The number of hydrogen-bond acceptors (Lipinski definition) is 0. The van der Waals surface area contributed by atoms with Crippen LogP contribution in [-0.2, 0) is 0 Å². The van der Waals surface area contributed by atoms with Gasteiger partial charge < -0.3 is 0 Å². The van der Waals surface area contributed by atoms with E-state index in [2.05, 4.69) is 62.1 Å². The quantitative estimate of drug-likeness (QED) is 0.438. The number of unbranched alkanes of at least 4 members (excludes halogenated alkanes) is 1. The Morgan fingerprint density at radius 1 is 0.857 bits per heavy atom. The largest absolute Gasteiger partial charge is 0.0730 e. The van der Waals surface area contributed by atoms with Crippen molar-refractivity contribution in [3.8, 4) is 11.8 Å². The Morgan fingerprint density at radius 3 is 2.18 bits per heavy atom. The summed E-state index contributed by atoms with van der Waals surface area (Å²) in [4.78, 5) is 0. The summed E-state index contributed by atoms with van der Waals surface area (Å²) in [6.45, 7) is 4.64. The van der Waals surface area contributed by atoms with Gasteiger partial charge in [0, 0.05) is 5.56 Å². The van der Waals surface area contributed by atoms with Gasteiger partial charge in [-0.1, -0.05) is 69.6 Å². The molecule has 0 heteroatoms. The van der Waals surface area contributed by atoms with Crippen LogP contribution in [0.5, 0.6) is 0 Å². The molecule has 0 aliphatic heterocycles. The lowest BCUT2D eigenvalue weighted by molar-refractivity contribution is 0.304. The lowest BCUT2D eigenvalue weighted by atomic mass is 9.77. The summed E-state index contributed by atoms with van der Waals surface area (Å²) in [6.07, 6.45) is 21.1. The highest BCUT2D eigenvalue weighted by Crippen LogP contribution is 2.37. The molecular weight excluding hydrogens is 336 g/mol. The highest BCUT2D eigenvalue weighted by molar-refractivity contribution is 5.39. The van der Waals surface area contributed by atoms with E-state index in [1.807, 2.05) is 0 Å². The molecule has 1 aromatic carbocycles. The minimum absolute atomic E-state index is 0.756. The Labute approximate surface area is 174 Å². The van der Waals surface area contributed by atoms with E-state index in [9.17, 15) is 0 Å². The van der Waals surface area contributed by atoms with Gasteiger partial charge in [0.25, 0.3) is 0 Å². The van der Waals surface area contributed by atoms with Crippen LogP contribution in [0.25, 0.3) is 0 Å². The van der Waals surface area contributed by atoms with Crippen molar-refractivity contribution in [2.45, 2.75) is 96.8 Å². The summed E-state index contributed by atoms with van der Waals surface area (Å²) in [5, 5.41) is 0. The number of hydrogen-bond donors (Lipinski definition) is 0. The molecule has 0 radical (unpaired) electrons. The Balaban J connectivity index is 1.44. The maximum absolute atomic E-state index is 3.33. The highest BCUT2D eigenvalue weighted by atomic mass is 14.3. The number of allylic oxidation sites excluding steroid dienone is 2. The molecule has 1 aromatic rings. The molecule has 0 nitrogen and oxygen atoms in total. The van der Waals surface area contributed by atoms with E-state index >= 15 is 0 Å². The first-order chi connectivity index (χ1) is 13.8. The third-order valence-electron chi connectivity index (χ3n) is 7.33. The molecule has 0 saturated heterocycles. The van der Waals surface area contributed by atoms with Crippen LogP contribution < -0.4 is 0 Å². The predicted molar refractivity (Wildman–Crippen MR) is 122 cm³/mol. The molecule has 0 N–H and O–H groups in total. The van der Waals surface area contributed by atoms with Crippen LogP contribution in [-0.4, -0.2) is 0 Å². The van der Waals surface area contributed by atoms with Crippen molar-refractivity contribution in [3.05, 3.63) is 47.5 Å². The fourth-order valence-corrected chi connectivity index (χ4v) is 5.21. The maximum atomic E-state index is 3.33. The van der Waals surface area contributed by atoms with Crippen LogP contribution in [0.2, 0.25) is 0 Å². The van der Waals surface area contributed by atoms with Crippen LogP contribution in [0.1, 0.15) is 108 Å². The van der Waals surface area contributed by atoms with Crippen LogP contribution >= 0.6 is 0 Å². The fourth-order valence-electron chi connectivity index (χ4n) is 5.21. The van der Waals surface area contributed by atoms with Crippen LogP contribution in [0.15, 0.2) is 36.4 Å². The molecule has 3 rings (SSSR count). The Kier molecular flexibility index (Phi) is 8.72. The van der Waals surface area contributed by atoms with Crippen molar-refractivity contribution in [1.82, 2.24) is 0 Å². The standard InChI is InChI=1S/C28H40/c1-3-5-8-24-15-19-27(20-16-24)28-21-17-26(18-22-28)10-7-6-9-25-13-11-23(4-2)12-14-25/h6,9,17-18,21-25,27H,3-5,8,11-16,19-20H2,1-2H3/b9-6+. The van der Waals surface area contributed by atoms with E-state index in [0.717, 1.165) is 29.2 Å². The molecule has 0 bridgehead atoms. The lowest BCUT2D eigenvalue weighted by Crippen LogP contribution is -2.13. The zero-order valence-corrected chi connectivity index (χ0v) is 18.3. The molecule has 2 fully saturated rings. The molecule has 2 saturated carbocycles. The molecule has 28 heavy (non-hydrogen) atoms. The summed E-state index contributed by atoms with van der Waals surface area (Å²) in [5.74, 6) is 10.1. The molecule has 2 aliphatic rings. The average Bonchev–Trinajstić information content (AvgIpc) is 2.76. The van der Waals surface area contributed by atoms with E-state index in [-0.39, 0.29) is 0 Å². The second-order valence-corrected chi connectivity index (χ2v) is 9.30. The van der Waals surface area contributed by atoms with Crippen molar-refractivity contribution in [3.63, 3.8) is 0 Å². The van der Waals surface area contributed by atoms with E-state index in [0.29, 0.717) is 0 Å². The number of benzene rings is 1. The molecule has 0 spiro atoms. The van der Waals surface area contributed by atoms with Gasteiger partial charge in [0.1, 0.15) is 0 Å². The summed E-state index contributed by atoms with van der Waals surface area (Å²) in [6, 6.07) is 9.12. The second kappa shape index (κ2) is 11.5. The van der Waals surface area contributed by atoms with Crippen LogP contribution in [0.4, 0.5) is 0 Å². The summed E-state index contributed by atoms with van der Waals surface area (Å²) in [7, 11) is 0. The molecule has 0 heterocycles. The minimum Gasteiger partial charge on any atom is -0.0730 e. The van der Waals surface area contributed by atoms with E-state index in [4.69, 9.17) is 0 Å². The van der Waals surface area contributed by atoms with Gasteiger partial charge in [-0.2, -0.15) is 0 Å². The first kappa shape index (κ1) is 21.2. The van der Waals surface area contributed by atoms with Gasteiger partial charge in [-0.3, -0.25) is 0 Å². The lowest BCUT2D eigenvalue weighted by Gasteiger charge is -2.28. The normalized spacial score (nSPS) is 28.1. The van der Waals surface area contributed by atoms with Gasteiger partial charge in [-0.15, -0.1) is 0 Å². The zero-order chi connectivity index (χ0) is 19.6. The van der Waals surface area contributed by atoms with Gasteiger partial charge in [0.05, 0.1) is 0 Å². The molecule has 0 atom stereocenters. The summed E-state index contributed by atoms with van der Waals surface area (Å²) in [5.41, 5.74) is 2.68. The van der Waals surface area contributed by atoms with E-state index < -0.39 is 0 Å². The average molecular weight is 377 g/mol. The van der Waals surface area contributed by atoms with E-state index in [1.54, 1.807) is 0 Å². The van der Waals surface area contributed by atoms with Crippen molar-refractivity contribution in [2.75, 3.05) is 0 Å². The monoisotopic (exact) mass is 376 g/mol. The molecule has 0 amide bonds. The molecule has 152 valence electrons. The van der Waals surface area contributed by atoms with Crippen molar-refractivity contribution < 1.29 is 0 Å². The van der Waals surface area contributed by atoms with Crippen molar-refractivity contribution in [1.29, 1.82) is 0 Å². The van der Waals surface area contributed by atoms with Crippen LogP contribution in [0, 0.1) is 29.6 Å². The fraction of sp³-hybridized carbons (Fsp3) is 0.643. The van der Waals surface area contributed by atoms with Gasteiger partial charge in [-0.25, -0.2) is 0 Å².